The van der Waals surface area contributed by atoms with Gasteiger partial charge in [-0.2, -0.15) is 0 Å². The Morgan fingerprint density at radius 1 is 0.733 bits per heavy atom. The van der Waals surface area contributed by atoms with Crippen molar-refractivity contribution in [3.05, 3.63) is 91.0 Å². The van der Waals surface area contributed by atoms with Crippen molar-refractivity contribution in [3.8, 4) is 0 Å². The second kappa shape index (κ2) is 12.7. The highest BCUT2D eigenvalue weighted by atomic mass is 31.2. The monoisotopic (exact) mass is 439 g/mol. The van der Waals surface area contributed by atoms with E-state index in [1.165, 1.54) is 21.2 Å². The highest BCUT2D eigenvalue weighted by Gasteiger charge is 2.25. The van der Waals surface area contributed by atoms with Crippen LogP contribution in [0.15, 0.2) is 91.0 Å². The number of benzene rings is 3. The van der Waals surface area contributed by atoms with Gasteiger partial charge in [-0.05, 0) is 57.4 Å². The summed E-state index contributed by atoms with van der Waals surface area (Å²) in [4.78, 5) is 0. The lowest BCUT2D eigenvalue weighted by molar-refractivity contribution is 0.583. The largest absolute Gasteiger partial charge is 0.340 e. The minimum atomic E-state index is -1.71. The van der Waals surface area contributed by atoms with Crippen LogP contribution in [-0.4, -0.2) is 17.1 Å². The van der Waals surface area contributed by atoms with Crippen LogP contribution in [0.5, 0.6) is 0 Å². The molecule has 0 saturated carbocycles. The highest BCUT2D eigenvalue weighted by molar-refractivity contribution is 7.95. The fourth-order valence-electron chi connectivity index (χ4n) is 3.54. The summed E-state index contributed by atoms with van der Waals surface area (Å²) in [6.45, 7) is 8.78. The van der Waals surface area contributed by atoms with Gasteiger partial charge in [0.05, 0.1) is 0 Å². The molecule has 0 fully saturated rings. The van der Waals surface area contributed by atoms with Crippen LogP contribution in [0, 0.1) is 0 Å². The van der Waals surface area contributed by atoms with Gasteiger partial charge in [0, 0.05) is 0 Å². The smallest absolute Gasteiger partial charge is 0.0776 e. The Morgan fingerprint density at radius 3 is 1.20 bits per heavy atom. The minimum Gasteiger partial charge on any atom is -0.0776 e. The quantitative estimate of drug-likeness (QED) is 0.389. The van der Waals surface area contributed by atoms with E-state index in [1.807, 2.05) is 20.8 Å². The van der Waals surface area contributed by atoms with Crippen molar-refractivity contribution in [2.45, 2.75) is 47.7 Å². The van der Waals surface area contributed by atoms with E-state index < -0.39 is 14.7 Å². The van der Waals surface area contributed by atoms with Crippen molar-refractivity contribution >= 4 is 35.9 Å². The van der Waals surface area contributed by atoms with Crippen molar-refractivity contribution in [3.63, 3.8) is 0 Å². The first-order valence-electron chi connectivity index (χ1n) is 10.2. The normalized spacial score (nSPS) is 11.1. The van der Waals surface area contributed by atoms with Gasteiger partial charge in [-0.1, -0.05) is 108 Å². The lowest BCUT2D eigenvalue weighted by Gasteiger charge is -2.30. The minimum absolute atomic E-state index is 0. The molecule has 1 nitrogen and oxygen atoms in total. The Kier molecular flexibility index (Phi) is 11.0. The van der Waals surface area contributed by atoms with Crippen molar-refractivity contribution < 1.29 is 4.57 Å². The molecule has 0 radical (unpaired) electrons. The fourth-order valence-corrected chi connectivity index (χ4v) is 8.57. The fraction of sp³-hybridized carbons (Fsp3) is 0.296. The van der Waals surface area contributed by atoms with Crippen LogP contribution < -0.4 is 15.9 Å². The predicted octanol–water partition coefficient (Wildman–Crippen LogP) is 7.07. The number of hydrogen-bond acceptors (Lipinski definition) is 1. The van der Waals surface area contributed by atoms with E-state index in [2.05, 4.69) is 105 Å². The Labute approximate surface area is 185 Å². The zero-order valence-corrected chi connectivity index (χ0v) is 20.0. The van der Waals surface area contributed by atoms with E-state index in [0.29, 0.717) is 5.66 Å². The summed E-state index contributed by atoms with van der Waals surface area (Å²) < 4.78 is 10.7. The zero-order chi connectivity index (χ0) is 21.3. The van der Waals surface area contributed by atoms with E-state index in [4.69, 9.17) is 0 Å². The summed E-state index contributed by atoms with van der Waals surface area (Å²) in [7, 11) is -0.887. The van der Waals surface area contributed by atoms with E-state index in [-0.39, 0.29) is 7.43 Å². The number of rotatable bonds is 5. The SMILES string of the molecule is C.CC(C)=P(c1ccccc1)(c1ccccc1)c1ccccc1.CC[P+](=O)C(C)C. The second-order valence-electron chi connectivity index (χ2n) is 7.45. The summed E-state index contributed by atoms with van der Waals surface area (Å²) in [5.41, 5.74) is 0.375. The lowest BCUT2D eigenvalue weighted by atomic mass is 10.4. The molecule has 0 heterocycles. The van der Waals surface area contributed by atoms with Gasteiger partial charge in [-0.25, -0.2) is 0 Å². The Balaban J connectivity index is 0.000000489. The van der Waals surface area contributed by atoms with Gasteiger partial charge in [-0.3, -0.25) is 0 Å². The Morgan fingerprint density at radius 2 is 1.03 bits per heavy atom. The molecule has 3 aromatic rings. The first-order chi connectivity index (χ1) is 13.9. The van der Waals surface area contributed by atoms with Gasteiger partial charge in [0.2, 0.25) is 0 Å². The van der Waals surface area contributed by atoms with E-state index in [0.717, 1.165) is 6.16 Å². The summed E-state index contributed by atoms with van der Waals surface area (Å²) in [6.07, 6.45) is 0.826. The van der Waals surface area contributed by atoms with Crippen LogP contribution in [0.4, 0.5) is 0 Å². The second-order valence-corrected chi connectivity index (χ2v) is 13.7. The maximum absolute atomic E-state index is 10.7. The molecular weight excluding hydrogens is 402 g/mol. The standard InChI is InChI=1S/C21H21P.C5H12OP.CH4/c1-18(2)22(19-12-6-3-7-13-19,20-14-8-4-9-15-20)21-16-10-5-11-17-21;1-4-7(6)5(2)3;/h3-17H,1-2H3;5H,4H2,1-3H3;1H4/q;+1;. The third kappa shape index (κ3) is 6.04. The summed E-state index contributed by atoms with van der Waals surface area (Å²) in [6, 6.07) is 32.9. The molecule has 0 amide bonds. The molecular formula is C27H37OP2+. The van der Waals surface area contributed by atoms with Crippen LogP contribution in [-0.2, 0) is 4.57 Å². The molecule has 0 spiro atoms. The topological polar surface area (TPSA) is 17.1 Å². The van der Waals surface area contributed by atoms with Gasteiger partial charge >= 0.3 is 7.80 Å². The van der Waals surface area contributed by atoms with Gasteiger partial charge in [0.25, 0.3) is 0 Å². The van der Waals surface area contributed by atoms with Crippen molar-refractivity contribution in [1.82, 2.24) is 0 Å². The maximum atomic E-state index is 10.7. The predicted molar refractivity (Wildman–Crippen MR) is 142 cm³/mol. The lowest BCUT2D eigenvalue weighted by Crippen LogP contribution is -2.28. The maximum Gasteiger partial charge on any atom is 0.340 e. The molecule has 0 saturated heterocycles. The number of hydrogen-bond donors (Lipinski definition) is 0. The van der Waals surface area contributed by atoms with Crippen LogP contribution in [0.1, 0.15) is 42.0 Å². The van der Waals surface area contributed by atoms with Crippen LogP contribution in [0.3, 0.4) is 0 Å². The highest BCUT2D eigenvalue weighted by Crippen LogP contribution is 2.45. The Bertz CT molecular complexity index is 839. The van der Waals surface area contributed by atoms with Gasteiger partial charge in [0.15, 0.2) is 0 Å². The molecule has 0 N–H and O–H groups in total. The van der Waals surface area contributed by atoms with Crippen LogP contribution in [0.2, 0.25) is 0 Å². The molecule has 0 aromatic heterocycles. The average molecular weight is 440 g/mol. The first-order valence-corrected chi connectivity index (χ1v) is 13.5. The molecule has 0 aliphatic heterocycles. The molecule has 0 aliphatic carbocycles. The molecule has 0 aliphatic rings. The summed E-state index contributed by atoms with van der Waals surface area (Å²) in [5.74, 6) is 0. The van der Waals surface area contributed by atoms with E-state index in [1.54, 1.807) is 0 Å². The molecule has 3 rings (SSSR count). The molecule has 160 valence electrons. The third-order valence-corrected chi connectivity index (χ3v) is 11.3. The van der Waals surface area contributed by atoms with E-state index in [9.17, 15) is 4.57 Å². The van der Waals surface area contributed by atoms with Crippen molar-refractivity contribution in [2.75, 3.05) is 6.16 Å². The van der Waals surface area contributed by atoms with Gasteiger partial charge in [0.1, 0.15) is 11.8 Å². The van der Waals surface area contributed by atoms with Crippen LogP contribution in [0.25, 0.3) is 0 Å². The third-order valence-electron chi connectivity index (χ3n) is 4.99. The van der Waals surface area contributed by atoms with Crippen molar-refractivity contribution in [2.24, 2.45) is 0 Å². The molecule has 30 heavy (non-hydrogen) atoms. The summed E-state index contributed by atoms with van der Waals surface area (Å²) >= 11 is 0. The zero-order valence-electron chi connectivity index (χ0n) is 18.2. The van der Waals surface area contributed by atoms with Gasteiger partial charge < -0.3 is 0 Å². The molecule has 3 aromatic carbocycles. The first kappa shape index (κ1) is 26.1. The molecule has 1 unspecified atom stereocenters. The van der Waals surface area contributed by atoms with Crippen LogP contribution >= 0.6 is 14.7 Å². The van der Waals surface area contributed by atoms with E-state index >= 15 is 0 Å². The van der Waals surface area contributed by atoms with Gasteiger partial charge in [-0.15, -0.1) is 0 Å². The van der Waals surface area contributed by atoms with Crippen molar-refractivity contribution in [1.29, 1.82) is 0 Å². The average Bonchev–Trinajstić information content (AvgIpc) is 2.76. The Hall–Kier alpha value is -1.94. The molecule has 3 heteroatoms. The summed E-state index contributed by atoms with van der Waals surface area (Å²) in [5, 5.41) is 5.75. The molecule has 0 bridgehead atoms. The molecule has 1 atom stereocenters.